The molecule has 9 heteroatoms. The molecule has 0 atom stereocenters. The summed E-state index contributed by atoms with van der Waals surface area (Å²) in [6.45, 7) is 3.90. The Hall–Kier alpha value is -2.52. The molecule has 0 spiro atoms. The number of non-ortho nitro benzene ring substituents is 1. The second-order valence-corrected chi connectivity index (χ2v) is 7.17. The van der Waals surface area contributed by atoms with Gasteiger partial charge >= 0.3 is 0 Å². The van der Waals surface area contributed by atoms with Gasteiger partial charge in [0.2, 0.25) is 0 Å². The molecule has 0 aliphatic carbocycles. The molecule has 2 aromatic rings. The van der Waals surface area contributed by atoms with E-state index in [-0.39, 0.29) is 23.3 Å². The zero-order valence-corrected chi connectivity index (χ0v) is 17.1. The smallest absolute Gasteiger partial charge is 0.270 e. The highest BCUT2D eigenvalue weighted by Gasteiger charge is 2.13. The zero-order chi connectivity index (χ0) is 20.0. The number of para-hydroxylation sites is 1. The zero-order valence-electron chi connectivity index (χ0n) is 14.7. The van der Waals surface area contributed by atoms with Crippen LogP contribution in [0.4, 0.5) is 11.4 Å². The number of thiocarbonyl (C=S) groups is 1. The Bertz CT molecular complexity index is 873. The summed E-state index contributed by atoms with van der Waals surface area (Å²) < 4.78 is 6.05. The minimum absolute atomic E-state index is 0.0559. The number of ether oxygens (including phenoxy) is 1. The molecule has 142 valence electrons. The van der Waals surface area contributed by atoms with Crippen LogP contribution in [0.15, 0.2) is 46.9 Å². The van der Waals surface area contributed by atoms with Gasteiger partial charge in [0.25, 0.3) is 11.6 Å². The number of halogens is 1. The van der Waals surface area contributed by atoms with E-state index in [0.717, 1.165) is 5.56 Å². The van der Waals surface area contributed by atoms with Crippen molar-refractivity contribution in [2.75, 3.05) is 11.9 Å². The number of nitrogens with one attached hydrogen (secondary N) is 2. The Morgan fingerprint density at radius 2 is 2.00 bits per heavy atom. The topological polar surface area (TPSA) is 93.5 Å². The van der Waals surface area contributed by atoms with Crippen LogP contribution in [0.5, 0.6) is 5.75 Å². The first-order valence-electron chi connectivity index (χ1n) is 8.04. The summed E-state index contributed by atoms with van der Waals surface area (Å²) in [7, 11) is 0. The lowest BCUT2D eigenvalue weighted by Gasteiger charge is -2.14. The van der Waals surface area contributed by atoms with E-state index < -0.39 is 10.8 Å². The van der Waals surface area contributed by atoms with Gasteiger partial charge in [0, 0.05) is 16.6 Å². The van der Waals surface area contributed by atoms with Gasteiger partial charge in [-0.15, -0.1) is 0 Å². The lowest BCUT2D eigenvalue weighted by atomic mass is 10.0. The van der Waals surface area contributed by atoms with Crippen LogP contribution in [-0.4, -0.2) is 22.5 Å². The molecule has 0 aliphatic heterocycles. The number of nitro groups is 1. The molecule has 0 aromatic heterocycles. The highest BCUT2D eigenvalue weighted by molar-refractivity contribution is 9.10. The van der Waals surface area contributed by atoms with Gasteiger partial charge in [0.15, 0.2) is 11.7 Å². The number of carbonyl (C=O) groups excluding carboxylic acids is 1. The normalized spacial score (nSPS) is 10.4. The van der Waals surface area contributed by atoms with Crippen LogP contribution in [0.3, 0.4) is 0 Å². The van der Waals surface area contributed by atoms with Crippen LogP contribution in [0.2, 0.25) is 0 Å². The van der Waals surface area contributed by atoms with Crippen molar-refractivity contribution in [2.24, 2.45) is 0 Å². The number of amides is 1. The summed E-state index contributed by atoms with van der Waals surface area (Å²) in [4.78, 5) is 22.3. The molecule has 0 aliphatic rings. The van der Waals surface area contributed by atoms with Gasteiger partial charge in [0.1, 0.15) is 5.75 Å². The molecular formula is C18H18BrN3O4S. The predicted molar refractivity (Wildman–Crippen MR) is 111 cm³/mol. The first kappa shape index (κ1) is 20.8. The van der Waals surface area contributed by atoms with Crippen molar-refractivity contribution in [3.05, 3.63) is 62.6 Å². The minimum atomic E-state index is -0.499. The van der Waals surface area contributed by atoms with E-state index in [9.17, 15) is 14.9 Å². The number of nitrogens with zero attached hydrogens (tertiary/aromatic N) is 1. The van der Waals surface area contributed by atoms with Crippen LogP contribution in [0, 0.1) is 10.1 Å². The maximum Gasteiger partial charge on any atom is 0.270 e. The first-order chi connectivity index (χ1) is 12.8. The van der Waals surface area contributed by atoms with Crippen molar-refractivity contribution in [3.63, 3.8) is 0 Å². The first-order valence-corrected chi connectivity index (χ1v) is 9.24. The van der Waals surface area contributed by atoms with E-state index in [1.807, 2.05) is 38.1 Å². The van der Waals surface area contributed by atoms with Crippen molar-refractivity contribution in [1.29, 1.82) is 0 Å². The molecule has 2 N–H and O–H groups in total. The van der Waals surface area contributed by atoms with Crippen LogP contribution < -0.4 is 15.4 Å². The summed E-state index contributed by atoms with van der Waals surface area (Å²) in [5, 5.41) is 16.1. The molecule has 0 bridgehead atoms. The molecule has 0 saturated heterocycles. The van der Waals surface area contributed by atoms with Crippen molar-refractivity contribution in [1.82, 2.24) is 5.32 Å². The lowest BCUT2D eigenvalue weighted by Crippen LogP contribution is -2.37. The maximum absolute atomic E-state index is 12.1. The number of anilines is 1. The van der Waals surface area contributed by atoms with E-state index in [0.29, 0.717) is 15.9 Å². The average molecular weight is 452 g/mol. The Balaban J connectivity index is 1.91. The Kier molecular flexibility index (Phi) is 7.26. The summed E-state index contributed by atoms with van der Waals surface area (Å²) in [5.41, 5.74) is 1.46. The number of hydrogen-bond donors (Lipinski definition) is 2. The van der Waals surface area contributed by atoms with Gasteiger partial charge in [-0.25, -0.2) is 0 Å². The molecule has 27 heavy (non-hydrogen) atoms. The molecule has 7 nitrogen and oxygen atoms in total. The third kappa shape index (κ3) is 6.00. The van der Waals surface area contributed by atoms with Crippen LogP contribution in [0.1, 0.15) is 25.3 Å². The quantitative estimate of drug-likeness (QED) is 0.384. The second-order valence-electron chi connectivity index (χ2n) is 5.90. The van der Waals surface area contributed by atoms with E-state index in [1.54, 1.807) is 0 Å². The fraction of sp³-hybridized carbons (Fsp3) is 0.222. The van der Waals surface area contributed by atoms with Gasteiger partial charge in [0.05, 0.1) is 10.6 Å². The molecular weight excluding hydrogens is 434 g/mol. The molecule has 0 fully saturated rings. The van der Waals surface area contributed by atoms with Crippen molar-refractivity contribution >= 4 is 50.5 Å². The van der Waals surface area contributed by atoms with Crippen LogP contribution in [-0.2, 0) is 4.79 Å². The molecule has 0 heterocycles. The summed E-state index contributed by atoms with van der Waals surface area (Å²) in [5.74, 6) is 0.509. The average Bonchev–Trinajstić information content (AvgIpc) is 2.61. The number of hydrogen-bond acceptors (Lipinski definition) is 5. The van der Waals surface area contributed by atoms with E-state index in [2.05, 4.69) is 26.6 Å². The highest BCUT2D eigenvalue weighted by atomic mass is 79.9. The third-order valence-corrected chi connectivity index (χ3v) is 4.42. The Morgan fingerprint density at radius 3 is 2.63 bits per heavy atom. The van der Waals surface area contributed by atoms with Gasteiger partial charge in [-0.2, -0.15) is 0 Å². The fourth-order valence-electron chi connectivity index (χ4n) is 2.27. The molecule has 1 amide bonds. The van der Waals surface area contributed by atoms with Gasteiger partial charge in [-0.05, 0) is 51.8 Å². The summed E-state index contributed by atoms with van der Waals surface area (Å²) in [6, 6.07) is 11.7. The Labute approximate surface area is 170 Å². The fourth-order valence-corrected chi connectivity index (χ4v) is 2.96. The van der Waals surface area contributed by atoms with Crippen molar-refractivity contribution in [3.8, 4) is 5.75 Å². The number of nitro benzene ring substituents is 1. The van der Waals surface area contributed by atoms with Crippen LogP contribution in [0.25, 0.3) is 0 Å². The monoisotopic (exact) mass is 451 g/mol. The van der Waals surface area contributed by atoms with Gasteiger partial charge in [-0.3, -0.25) is 20.2 Å². The molecule has 0 unspecified atom stereocenters. The molecule has 0 saturated carbocycles. The van der Waals surface area contributed by atoms with E-state index in [1.165, 1.54) is 18.2 Å². The number of carbonyl (C=O) groups is 1. The summed E-state index contributed by atoms with van der Waals surface area (Å²) >= 11 is 8.33. The van der Waals surface area contributed by atoms with Crippen LogP contribution >= 0.6 is 28.1 Å². The molecule has 2 rings (SSSR count). The predicted octanol–water partition coefficient (Wildman–Crippen LogP) is 4.37. The largest absolute Gasteiger partial charge is 0.483 e. The third-order valence-electron chi connectivity index (χ3n) is 3.56. The van der Waals surface area contributed by atoms with E-state index >= 15 is 0 Å². The van der Waals surface area contributed by atoms with E-state index in [4.69, 9.17) is 17.0 Å². The van der Waals surface area contributed by atoms with Gasteiger partial charge in [-0.1, -0.05) is 32.0 Å². The van der Waals surface area contributed by atoms with Crippen molar-refractivity contribution in [2.45, 2.75) is 19.8 Å². The second kappa shape index (κ2) is 9.43. The molecule has 0 radical (unpaired) electrons. The highest BCUT2D eigenvalue weighted by Crippen LogP contribution is 2.27. The maximum atomic E-state index is 12.1. The minimum Gasteiger partial charge on any atom is -0.483 e. The molecule has 2 aromatic carbocycles. The standard InChI is InChI=1S/C18H18BrN3O4S/c1-11(2)13-5-3-4-6-16(13)26-10-17(23)21-18(27)20-15-8-7-12(22(24)25)9-14(15)19/h3-9,11H,10H2,1-2H3,(H2,20,21,23,27). The lowest BCUT2D eigenvalue weighted by molar-refractivity contribution is -0.384. The van der Waals surface area contributed by atoms with Crippen molar-refractivity contribution < 1.29 is 14.5 Å². The Morgan fingerprint density at radius 1 is 1.30 bits per heavy atom. The SMILES string of the molecule is CC(C)c1ccccc1OCC(=O)NC(=S)Nc1ccc([N+](=O)[O-])cc1Br. The summed E-state index contributed by atoms with van der Waals surface area (Å²) in [6.07, 6.45) is 0. The number of benzene rings is 2. The number of rotatable bonds is 6. The van der Waals surface area contributed by atoms with Gasteiger partial charge < -0.3 is 10.1 Å².